The molecule has 0 saturated carbocycles. The van der Waals surface area contributed by atoms with Crippen LogP contribution in [0.3, 0.4) is 0 Å². The lowest BCUT2D eigenvalue weighted by atomic mass is 10.1. The molecule has 0 bridgehead atoms. The summed E-state index contributed by atoms with van der Waals surface area (Å²) in [6.45, 7) is 1.78. The van der Waals surface area contributed by atoms with Crippen LogP contribution in [-0.4, -0.2) is 24.0 Å². The zero-order valence-electron chi connectivity index (χ0n) is 15.7. The maximum absolute atomic E-state index is 12.7. The Morgan fingerprint density at radius 1 is 1.00 bits per heavy atom. The highest BCUT2D eigenvalue weighted by molar-refractivity contribution is 5.95. The molecule has 4 nitrogen and oxygen atoms in total. The molecule has 1 heterocycles. The average Bonchev–Trinajstić information content (AvgIpc) is 2.71. The van der Waals surface area contributed by atoms with Gasteiger partial charge in [0, 0.05) is 5.56 Å². The molecule has 0 aliphatic rings. The fourth-order valence-electron chi connectivity index (χ4n) is 2.83. The zero-order valence-corrected chi connectivity index (χ0v) is 15.7. The molecule has 0 saturated heterocycles. The van der Waals surface area contributed by atoms with Crippen molar-refractivity contribution in [3.05, 3.63) is 83.7 Å². The number of aromatic nitrogens is 1. The number of para-hydroxylation sites is 1. The van der Waals surface area contributed by atoms with Crippen molar-refractivity contribution >= 4 is 5.91 Å². The lowest BCUT2D eigenvalue weighted by Gasteiger charge is -2.13. The predicted octanol–water partition coefficient (Wildman–Crippen LogP) is 4.88. The maximum Gasteiger partial charge on any atom is 0.433 e. The van der Waals surface area contributed by atoms with Gasteiger partial charge in [-0.15, -0.1) is 0 Å². The molecule has 0 aliphatic carbocycles. The minimum atomic E-state index is -4.54. The minimum absolute atomic E-state index is 0.0210. The van der Waals surface area contributed by atoms with E-state index in [1.165, 1.54) is 6.92 Å². The van der Waals surface area contributed by atoms with Gasteiger partial charge in [-0.2, -0.15) is 13.2 Å². The smallest absolute Gasteiger partial charge is 0.433 e. The van der Waals surface area contributed by atoms with Gasteiger partial charge < -0.3 is 10.1 Å². The second-order valence-corrected chi connectivity index (χ2v) is 6.29. The number of ether oxygens (including phenoxy) is 1. The lowest BCUT2D eigenvalue weighted by molar-refractivity contribution is -0.141. The van der Waals surface area contributed by atoms with E-state index in [-0.39, 0.29) is 24.4 Å². The Bertz CT molecular complexity index is 989. The Morgan fingerprint density at radius 3 is 2.38 bits per heavy atom. The quantitative estimate of drug-likeness (QED) is 0.600. The second-order valence-electron chi connectivity index (χ2n) is 6.29. The van der Waals surface area contributed by atoms with Crippen molar-refractivity contribution in [2.75, 3.05) is 13.2 Å². The molecule has 1 amide bonds. The molecule has 150 valence electrons. The van der Waals surface area contributed by atoms with Gasteiger partial charge in [0.2, 0.25) is 0 Å². The number of rotatable bonds is 6. The highest BCUT2D eigenvalue weighted by Gasteiger charge is 2.33. The van der Waals surface area contributed by atoms with E-state index >= 15 is 0 Å². The molecule has 0 aliphatic heterocycles. The molecule has 3 rings (SSSR count). The molecule has 1 N–H and O–H groups in total. The number of carbonyl (C=O) groups is 1. The van der Waals surface area contributed by atoms with Crippen LogP contribution < -0.4 is 10.1 Å². The van der Waals surface area contributed by atoms with Crippen LogP contribution in [0, 0.1) is 6.92 Å². The van der Waals surface area contributed by atoms with Crippen molar-refractivity contribution in [3.63, 3.8) is 0 Å². The molecule has 7 heteroatoms. The summed E-state index contributed by atoms with van der Waals surface area (Å²) in [5.41, 5.74) is 1.04. The molecule has 3 aromatic rings. The number of aryl methyl sites for hydroxylation is 1. The molecular formula is C22H19F3N2O2. The van der Waals surface area contributed by atoms with E-state index in [4.69, 9.17) is 4.74 Å². The molecule has 0 atom stereocenters. The number of nitrogens with one attached hydrogen (secondary N) is 1. The monoisotopic (exact) mass is 400 g/mol. The Kier molecular flexibility index (Phi) is 6.16. The normalized spacial score (nSPS) is 11.2. The summed E-state index contributed by atoms with van der Waals surface area (Å²) in [5.74, 6) is 0.184. The van der Waals surface area contributed by atoms with Crippen LogP contribution >= 0.6 is 0 Å². The summed E-state index contributed by atoms with van der Waals surface area (Å²) in [4.78, 5) is 15.7. The number of hydrogen-bond donors (Lipinski definition) is 1. The van der Waals surface area contributed by atoms with E-state index in [0.717, 1.165) is 23.3 Å². The molecule has 2 aromatic carbocycles. The maximum atomic E-state index is 12.7. The van der Waals surface area contributed by atoms with Gasteiger partial charge in [0.05, 0.1) is 17.8 Å². The van der Waals surface area contributed by atoms with Crippen LogP contribution in [0.5, 0.6) is 5.75 Å². The largest absolute Gasteiger partial charge is 0.491 e. The fraction of sp³-hybridized carbons (Fsp3) is 0.182. The van der Waals surface area contributed by atoms with E-state index in [1.54, 1.807) is 0 Å². The van der Waals surface area contributed by atoms with Gasteiger partial charge in [0.25, 0.3) is 5.91 Å². The van der Waals surface area contributed by atoms with Crippen molar-refractivity contribution in [1.82, 2.24) is 10.3 Å². The SMILES string of the molecule is Cc1nc(C(F)(F)F)ccc1C(=O)NCCOc1ccccc1-c1ccccc1. The summed E-state index contributed by atoms with van der Waals surface area (Å²) in [6, 6.07) is 19.2. The van der Waals surface area contributed by atoms with Crippen LogP contribution in [0.15, 0.2) is 66.7 Å². The van der Waals surface area contributed by atoms with Crippen molar-refractivity contribution in [2.45, 2.75) is 13.1 Å². The Morgan fingerprint density at radius 2 is 1.69 bits per heavy atom. The van der Waals surface area contributed by atoms with Crippen LogP contribution in [0.2, 0.25) is 0 Å². The van der Waals surface area contributed by atoms with Gasteiger partial charge in [-0.05, 0) is 30.7 Å². The Labute approximate surface area is 166 Å². The highest BCUT2D eigenvalue weighted by Crippen LogP contribution is 2.29. The summed E-state index contributed by atoms with van der Waals surface area (Å²) in [7, 11) is 0. The molecule has 1 aromatic heterocycles. The average molecular weight is 400 g/mol. The second kappa shape index (κ2) is 8.77. The molecule has 0 fully saturated rings. The number of amides is 1. The number of halogens is 3. The van der Waals surface area contributed by atoms with Crippen molar-refractivity contribution in [2.24, 2.45) is 0 Å². The van der Waals surface area contributed by atoms with Crippen molar-refractivity contribution < 1.29 is 22.7 Å². The Balaban J connectivity index is 1.59. The highest BCUT2D eigenvalue weighted by atomic mass is 19.4. The predicted molar refractivity (Wildman–Crippen MR) is 104 cm³/mol. The van der Waals surface area contributed by atoms with E-state index in [0.29, 0.717) is 5.75 Å². The number of alkyl halides is 3. The molecule has 0 spiro atoms. The van der Waals surface area contributed by atoms with Crippen molar-refractivity contribution in [3.8, 4) is 16.9 Å². The van der Waals surface area contributed by atoms with E-state index in [2.05, 4.69) is 10.3 Å². The minimum Gasteiger partial charge on any atom is -0.491 e. The molecular weight excluding hydrogens is 381 g/mol. The number of nitrogens with zero attached hydrogens (tertiary/aromatic N) is 1. The van der Waals surface area contributed by atoms with E-state index < -0.39 is 17.8 Å². The standard InChI is InChI=1S/C22H19F3N2O2/c1-15-17(11-12-20(27-15)22(23,24)25)21(28)26-13-14-29-19-10-6-5-9-18(19)16-7-3-2-4-8-16/h2-12H,13-14H2,1H3,(H,26,28). The summed E-state index contributed by atoms with van der Waals surface area (Å²) in [5, 5.41) is 2.64. The van der Waals surface area contributed by atoms with Crippen LogP contribution in [0.1, 0.15) is 21.7 Å². The first-order chi connectivity index (χ1) is 13.9. The van der Waals surface area contributed by atoms with E-state index in [1.807, 2.05) is 54.6 Å². The van der Waals surface area contributed by atoms with Gasteiger partial charge in [-0.1, -0.05) is 48.5 Å². The van der Waals surface area contributed by atoms with Gasteiger partial charge in [-0.25, -0.2) is 4.98 Å². The Hall–Kier alpha value is -3.35. The molecule has 0 unspecified atom stereocenters. The van der Waals surface area contributed by atoms with Crippen molar-refractivity contribution in [1.29, 1.82) is 0 Å². The summed E-state index contributed by atoms with van der Waals surface area (Å²) < 4.78 is 43.9. The first-order valence-electron chi connectivity index (χ1n) is 8.96. The third kappa shape index (κ3) is 5.13. The number of carbonyl (C=O) groups excluding carboxylic acids is 1. The lowest BCUT2D eigenvalue weighted by Crippen LogP contribution is -2.29. The first kappa shape index (κ1) is 20.4. The zero-order chi connectivity index (χ0) is 20.9. The third-order valence-corrected chi connectivity index (χ3v) is 4.24. The summed E-state index contributed by atoms with van der Waals surface area (Å²) >= 11 is 0. The summed E-state index contributed by atoms with van der Waals surface area (Å²) in [6.07, 6.45) is -4.54. The number of hydrogen-bond acceptors (Lipinski definition) is 3. The number of pyridine rings is 1. The van der Waals surface area contributed by atoms with Gasteiger partial charge in [0.15, 0.2) is 0 Å². The van der Waals surface area contributed by atoms with E-state index in [9.17, 15) is 18.0 Å². The molecule has 29 heavy (non-hydrogen) atoms. The topological polar surface area (TPSA) is 51.2 Å². The van der Waals surface area contributed by atoms with Gasteiger partial charge >= 0.3 is 6.18 Å². The van der Waals surface area contributed by atoms with Gasteiger partial charge in [-0.3, -0.25) is 4.79 Å². The van der Waals surface area contributed by atoms with Crippen LogP contribution in [0.4, 0.5) is 13.2 Å². The fourth-order valence-corrected chi connectivity index (χ4v) is 2.83. The third-order valence-electron chi connectivity index (χ3n) is 4.24. The van der Waals surface area contributed by atoms with Crippen LogP contribution in [-0.2, 0) is 6.18 Å². The van der Waals surface area contributed by atoms with Gasteiger partial charge in [0.1, 0.15) is 18.1 Å². The van der Waals surface area contributed by atoms with Crippen LogP contribution in [0.25, 0.3) is 11.1 Å². The molecule has 0 radical (unpaired) electrons. The first-order valence-corrected chi connectivity index (χ1v) is 8.96. The number of benzene rings is 2.